The Morgan fingerprint density at radius 1 is 0.923 bits per heavy atom. The molecule has 0 radical (unpaired) electrons. The fourth-order valence-electron chi connectivity index (χ4n) is 2.70. The van der Waals surface area contributed by atoms with E-state index in [0.717, 1.165) is 23.7 Å². The lowest BCUT2D eigenvalue weighted by atomic mass is 9.61. The summed E-state index contributed by atoms with van der Waals surface area (Å²) in [6, 6.07) is 0. The van der Waals surface area contributed by atoms with E-state index in [9.17, 15) is 0 Å². The number of fused-ring (bicyclic) bond motifs is 1. The summed E-state index contributed by atoms with van der Waals surface area (Å²) in [7, 11) is 0. The molecule has 0 saturated carbocycles. The summed E-state index contributed by atoms with van der Waals surface area (Å²) in [6.45, 7) is 9.39. The van der Waals surface area contributed by atoms with Gasteiger partial charge in [0.1, 0.15) is 0 Å². The van der Waals surface area contributed by atoms with Gasteiger partial charge in [-0.2, -0.15) is 11.3 Å². The second-order valence-electron chi connectivity index (χ2n) is 4.82. The third-order valence-electron chi connectivity index (χ3n) is 3.26. The van der Waals surface area contributed by atoms with Gasteiger partial charge < -0.3 is 0 Å². The first-order chi connectivity index (χ1) is 6.13. The SMILES string of the molecule is CC(C)C1c2cscc2C1C(C)C. The summed E-state index contributed by atoms with van der Waals surface area (Å²) in [5.74, 6) is 3.27. The lowest BCUT2D eigenvalue weighted by Crippen LogP contribution is -2.30. The number of hydrogen-bond donors (Lipinski definition) is 0. The smallest absolute Gasteiger partial charge is 0.00551 e. The zero-order chi connectivity index (χ0) is 9.59. The van der Waals surface area contributed by atoms with Gasteiger partial charge in [-0.05, 0) is 45.6 Å². The molecule has 0 saturated heterocycles. The summed E-state index contributed by atoms with van der Waals surface area (Å²) in [6.07, 6.45) is 0. The molecular formula is C12H18S. The highest BCUT2D eigenvalue weighted by molar-refractivity contribution is 7.08. The molecule has 0 amide bonds. The molecule has 1 heteroatoms. The molecule has 0 aliphatic heterocycles. The molecule has 0 fully saturated rings. The van der Waals surface area contributed by atoms with E-state index >= 15 is 0 Å². The Bertz CT molecular complexity index is 267. The Kier molecular flexibility index (Phi) is 2.23. The minimum atomic E-state index is 0.800. The Morgan fingerprint density at radius 3 is 1.62 bits per heavy atom. The van der Waals surface area contributed by atoms with Crippen molar-refractivity contribution in [3.8, 4) is 0 Å². The van der Waals surface area contributed by atoms with E-state index in [1.807, 2.05) is 11.3 Å². The van der Waals surface area contributed by atoms with Gasteiger partial charge in [-0.1, -0.05) is 27.7 Å². The number of thiophene rings is 1. The molecule has 1 aromatic rings. The van der Waals surface area contributed by atoms with Crippen LogP contribution < -0.4 is 0 Å². The van der Waals surface area contributed by atoms with E-state index in [4.69, 9.17) is 0 Å². The number of hydrogen-bond acceptors (Lipinski definition) is 1. The predicted octanol–water partition coefficient (Wildman–Crippen LogP) is 4.24. The van der Waals surface area contributed by atoms with Crippen molar-refractivity contribution in [1.29, 1.82) is 0 Å². The third-order valence-corrected chi connectivity index (χ3v) is 4.04. The molecule has 2 unspecified atom stereocenters. The predicted molar refractivity (Wildman–Crippen MR) is 59.5 cm³/mol. The zero-order valence-electron chi connectivity index (χ0n) is 8.87. The van der Waals surface area contributed by atoms with Crippen molar-refractivity contribution in [3.63, 3.8) is 0 Å². The maximum Gasteiger partial charge on any atom is -0.00551 e. The number of rotatable bonds is 2. The van der Waals surface area contributed by atoms with Crippen LogP contribution in [-0.4, -0.2) is 0 Å². The zero-order valence-corrected chi connectivity index (χ0v) is 9.69. The van der Waals surface area contributed by atoms with Crippen LogP contribution in [0.15, 0.2) is 10.8 Å². The van der Waals surface area contributed by atoms with Crippen LogP contribution >= 0.6 is 11.3 Å². The normalized spacial score (nSPS) is 26.3. The van der Waals surface area contributed by atoms with E-state index in [0.29, 0.717) is 0 Å². The van der Waals surface area contributed by atoms with E-state index < -0.39 is 0 Å². The van der Waals surface area contributed by atoms with E-state index in [2.05, 4.69) is 38.5 Å². The molecule has 72 valence electrons. The van der Waals surface area contributed by atoms with Crippen LogP contribution in [0.4, 0.5) is 0 Å². The van der Waals surface area contributed by atoms with Gasteiger partial charge in [-0.15, -0.1) is 0 Å². The average molecular weight is 194 g/mol. The first-order valence-electron chi connectivity index (χ1n) is 5.19. The average Bonchev–Trinajstić information content (AvgIpc) is 2.31. The fourth-order valence-corrected chi connectivity index (χ4v) is 3.64. The molecule has 1 aromatic heterocycles. The van der Waals surface area contributed by atoms with Crippen LogP contribution in [0.25, 0.3) is 0 Å². The van der Waals surface area contributed by atoms with Crippen molar-refractivity contribution in [2.24, 2.45) is 11.8 Å². The summed E-state index contributed by atoms with van der Waals surface area (Å²) >= 11 is 1.87. The third kappa shape index (κ3) is 1.25. The van der Waals surface area contributed by atoms with Crippen LogP contribution in [0.3, 0.4) is 0 Å². The minimum Gasteiger partial charge on any atom is -0.152 e. The van der Waals surface area contributed by atoms with Gasteiger partial charge >= 0.3 is 0 Å². The summed E-state index contributed by atoms with van der Waals surface area (Å²) in [4.78, 5) is 0. The molecule has 13 heavy (non-hydrogen) atoms. The van der Waals surface area contributed by atoms with Crippen molar-refractivity contribution in [1.82, 2.24) is 0 Å². The minimum absolute atomic E-state index is 0.800. The van der Waals surface area contributed by atoms with E-state index in [1.54, 1.807) is 11.1 Å². The lowest BCUT2D eigenvalue weighted by molar-refractivity contribution is 0.304. The highest BCUT2D eigenvalue weighted by Crippen LogP contribution is 2.55. The molecule has 0 N–H and O–H groups in total. The van der Waals surface area contributed by atoms with Gasteiger partial charge in [0.05, 0.1) is 0 Å². The van der Waals surface area contributed by atoms with Gasteiger partial charge in [0.15, 0.2) is 0 Å². The maximum absolute atomic E-state index is 2.35. The summed E-state index contributed by atoms with van der Waals surface area (Å²) in [5.41, 5.74) is 3.28. The molecule has 0 bridgehead atoms. The van der Waals surface area contributed by atoms with Crippen molar-refractivity contribution in [3.05, 3.63) is 21.9 Å². The van der Waals surface area contributed by atoms with Crippen LogP contribution in [0.1, 0.15) is 50.7 Å². The molecule has 1 aliphatic carbocycles. The van der Waals surface area contributed by atoms with Gasteiger partial charge in [0, 0.05) is 0 Å². The van der Waals surface area contributed by atoms with Crippen molar-refractivity contribution in [2.75, 3.05) is 0 Å². The molecule has 2 rings (SSSR count). The van der Waals surface area contributed by atoms with Crippen molar-refractivity contribution in [2.45, 2.75) is 39.5 Å². The second kappa shape index (κ2) is 3.13. The lowest BCUT2D eigenvalue weighted by Gasteiger charge is -2.42. The Hall–Kier alpha value is -0.300. The summed E-state index contributed by atoms with van der Waals surface area (Å²) in [5, 5.41) is 4.69. The topological polar surface area (TPSA) is 0 Å². The van der Waals surface area contributed by atoms with Gasteiger partial charge in [-0.25, -0.2) is 0 Å². The quantitative estimate of drug-likeness (QED) is 0.660. The maximum atomic E-state index is 2.35. The molecule has 0 spiro atoms. The first kappa shape index (κ1) is 9.26. The standard InChI is InChI=1S/C12H18S/c1-7(2)11-9-5-13-6-10(9)12(11)8(3)4/h5-8,11-12H,1-4H3. The van der Waals surface area contributed by atoms with Gasteiger partial charge in [0.25, 0.3) is 0 Å². The Labute approximate surface area is 85.0 Å². The van der Waals surface area contributed by atoms with Crippen LogP contribution in [0.5, 0.6) is 0 Å². The molecule has 0 nitrogen and oxygen atoms in total. The highest BCUT2D eigenvalue weighted by atomic mass is 32.1. The second-order valence-corrected chi connectivity index (χ2v) is 5.57. The van der Waals surface area contributed by atoms with E-state index in [-0.39, 0.29) is 0 Å². The fraction of sp³-hybridized carbons (Fsp3) is 0.667. The van der Waals surface area contributed by atoms with Gasteiger partial charge in [0.2, 0.25) is 0 Å². The molecule has 0 aromatic carbocycles. The molecule has 2 atom stereocenters. The van der Waals surface area contributed by atoms with Crippen LogP contribution in [0, 0.1) is 11.8 Å². The van der Waals surface area contributed by atoms with Crippen molar-refractivity contribution < 1.29 is 0 Å². The highest BCUT2D eigenvalue weighted by Gasteiger charge is 2.41. The molecular weight excluding hydrogens is 176 g/mol. The van der Waals surface area contributed by atoms with Crippen molar-refractivity contribution >= 4 is 11.3 Å². The Balaban J connectivity index is 2.31. The van der Waals surface area contributed by atoms with Crippen LogP contribution in [0.2, 0.25) is 0 Å². The molecule has 1 heterocycles. The Morgan fingerprint density at radius 2 is 1.31 bits per heavy atom. The van der Waals surface area contributed by atoms with Gasteiger partial charge in [-0.3, -0.25) is 0 Å². The largest absolute Gasteiger partial charge is 0.152 e. The van der Waals surface area contributed by atoms with Crippen LogP contribution in [-0.2, 0) is 0 Å². The van der Waals surface area contributed by atoms with E-state index in [1.165, 1.54) is 0 Å². The molecule has 1 aliphatic rings. The monoisotopic (exact) mass is 194 g/mol. The first-order valence-corrected chi connectivity index (χ1v) is 6.13. The summed E-state index contributed by atoms with van der Waals surface area (Å²) < 4.78 is 0.